The topological polar surface area (TPSA) is 86.6 Å². The molecule has 0 aliphatic heterocycles. The second-order valence-corrected chi connectivity index (χ2v) is 4.34. The van der Waals surface area contributed by atoms with Gasteiger partial charge in [0.1, 0.15) is 0 Å². The third-order valence-corrected chi connectivity index (χ3v) is 2.27. The average molecular weight is 197 g/mol. The Morgan fingerprint density at radius 1 is 1.42 bits per heavy atom. The normalized spacial score (nSPS) is 17.3. The van der Waals surface area contributed by atoms with Crippen molar-refractivity contribution in [2.45, 2.75) is 26.0 Å². The fraction of sp³-hybridized carbons (Fsp3) is 1.00. The molecule has 0 saturated heterocycles. The van der Waals surface area contributed by atoms with E-state index >= 15 is 0 Å². The lowest BCUT2D eigenvalue weighted by Gasteiger charge is -2.15. The highest BCUT2D eigenvalue weighted by atomic mass is 32.2. The SMILES string of the molecule is CC(O)C(C)NCCS(=O)(=O)O. The zero-order valence-corrected chi connectivity index (χ0v) is 8.00. The summed E-state index contributed by atoms with van der Waals surface area (Å²) >= 11 is 0. The summed E-state index contributed by atoms with van der Waals surface area (Å²) in [6, 6.07) is -0.174. The van der Waals surface area contributed by atoms with Gasteiger partial charge in [0.2, 0.25) is 0 Å². The van der Waals surface area contributed by atoms with Gasteiger partial charge in [0.15, 0.2) is 0 Å². The van der Waals surface area contributed by atoms with Crippen molar-refractivity contribution in [1.29, 1.82) is 0 Å². The maximum absolute atomic E-state index is 10.2. The van der Waals surface area contributed by atoms with Gasteiger partial charge in [0.25, 0.3) is 10.1 Å². The molecule has 74 valence electrons. The lowest BCUT2D eigenvalue weighted by molar-refractivity contribution is 0.154. The van der Waals surface area contributed by atoms with Crippen LogP contribution >= 0.6 is 0 Å². The van der Waals surface area contributed by atoms with Crippen LogP contribution in [0.1, 0.15) is 13.8 Å². The molecular formula is C6H15NO4S. The highest BCUT2D eigenvalue weighted by molar-refractivity contribution is 7.85. The van der Waals surface area contributed by atoms with Crippen LogP contribution in [0, 0.1) is 0 Å². The van der Waals surface area contributed by atoms with Gasteiger partial charge in [-0.15, -0.1) is 0 Å². The van der Waals surface area contributed by atoms with E-state index in [-0.39, 0.29) is 18.3 Å². The summed E-state index contributed by atoms with van der Waals surface area (Å²) in [5.41, 5.74) is 0. The van der Waals surface area contributed by atoms with Crippen LogP contribution in [0.15, 0.2) is 0 Å². The van der Waals surface area contributed by atoms with E-state index in [2.05, 4.69) is 5.32 Å². The first-order valence-corrected chi connectivity index (χ1v) is 5.30. The van der Waals surface area contributed by atoms with Gasteiger partial charge in [-0.2, -0.15) is 8.42 Å². The summed E-state index contributed by atoms with van der Waals surface area (Å²) in [6.45, 7) is 3.48. The van der Waals surface area contributed by atoms with Crippen molar-refractivity contribution in [3.05, 3.63) is 0 Å². The summed E-state index contributed by atoms with van der Waals surface area (Å²) in [5, 5.41) is 11.7. The van der Waals surface area contributed by atoms with Gasteiger partial charge in [0.05, 0.1) is 11.9 Å². The molecule has 0 spiro atoms. The zero-order valence-electron chi connectivity index (χ0n) is 7.19. The van der Waals surface area contributed by atoms with Crippen LogP contribution in [0.2, 0.25) is 0 Å². The average Bonchev–Trinajstić information content (AvgIpc) is 1.84. The summed E-state index contributed by atoms with van der Waals surface area (Å²) < 4.78 is 28.8. The fourth-order valence-corrected chi connectivity index (χ4v) is 0.962. The molecule has 0 saturated carbocycles. The van der Waals surface area contributed by atoms with E-state index in [0.29, 0.717) is 0 Å². The molecule has 12 heavy (non-hydrogen) atoms. The minimum absolute atomic E-state index is 0.144. The largest absolute Gasteiger partial charge is 0.392 e. The van der Waals surface area contributed by atoms with Gasteiger partial charge in [-0.25, -0.2) is 0 Å². The van der Waals surface area contributed by atoms with Gasteiger partial charge in [-0.1, -0.05) is 0 Å². The maximum atomic E-state index is 10.2. The summed E-state index contributed by atoms with van der Waals surface area (Å²) in [4.78, 5) is 0. The van der Waals surface area contributed by atoms with Crippen LogP contribution in [0.25, 0.3) is 0 Å². The number of rotatable bonds is 5. The van der Waals surface area contributed by atoms with Crippen molar-refractivity contribution in [2.24, 2.45) is 0 Å². The summed E-state index contributed by atoms with van der Waals surface area (Å²) in [5.74, 6) is -0.329. The molecule has 0 aromatic heterocycles. The summed E-state index contributed by atoms with van der Waals surface area (Å²) in [6.07, 6.45) is -0.536. The van der Waals surface area contributed by atoms with E-state index in [4.69, 9.17) is 9.66 Å². The predicted molar refractivity (Wildman–Crippen MR) is 45.6 cm³/mol. The first kappa shape index (κ1) is 11.8. The molecule has 0 aliphatic carbocycles. The minimum atomic E-state index is -3.89. The van der Waals surface area contributed by atoms with Gasteiger partial charge in [-0.3, -0.25) is 4.55 Å². The van der Waals surface area contributed by atoms with E-state index < -0.39 is 16.2 Å². The highest BCUT2D eigenvalue weighted by Crippen LogP contribution is 1.89. The molecule has 0 radical (unpaired) electrons. The van der Waals surface area contributed by atoms with Crippen LogP contribution < -0.4 is 5.32 Å². The molecule has 0 rings (SSSR count). The third-order valence-electron chi connectivity index (χ3n) is 1.55. The second kappa shape index (κ2) is 4.76. The van der Waals surface area contributed by atoms with Crippen molar-refractivity contribution in [1.82, 2.24) is 5.32 Å². The Morgan fingerprint density at radius 3 is 2.25 bits per heavy atom. The van der Waals surface area contributed by atoms with Crippen molar-refractivity contribution >= 4 is 10.1 Å². The molecule has 0 bridgehead atoms. The molecule has 2 atom stereocenters. The van der Waals surface area contributed by atoms with Crippen LogP contribution in [0.3, 0.4) is 0 Å². The van der Waals surface area contributed by atoms with E-state index in [1.807, 2.05) is 0 Å². The minimum Gasteiger partial charge on any atom is -0.392 e. The second-order valence-electron chi connectivity index (χ2n) is 2.77. The zero-order chi connectivity index (χ0) is 9.78. The van der Waals surface area contributed by atoms with Crippen LogP contribution in [0.5, 0.6) is 0 Å². The van der Waals surface area contributed by atoms with Crippen LogP contribution in [-0.4, -0.2) is 42.5 Å². The molecule has 0 amide bonds. The number of aliphatic hydroxyl groups excluding tert-OH is 1. The Balaban J connectivity index is 3.58. The Bertz CT molecular complexity index is 212. The van der Waals surface area contributed by atoms with Gasteiger partial charge >= 0.3 is 0 Å². The van der Waals surface area contributed by atoms with Crippen molar-refractivity contribution in [2.75, 3.05) is 12.3 Å². The third kappa shape index (κ3) is 6.53. The first-order chi connectivity index (χ1) is 5.33. The monoisotopic (exact) mass is 197 g/mol. The molecule has 0 fully saturated rings. The first-order valence-electron chi connectivity index (χ1n) is 3.69. The molecule has 0 aromatic carbocycles. The molecule has 5 nitrogen and oxygen atoms in total. The van der Waals surface area contributed by atoms with Crippen LogP contribution in [0.4, 0.5) is 0 Å². The molecule has 6 heteroatoms. The molecule has 0 heterocycles. The Kier molecular flexibility index (Phi) is 4.69. The van der Waals surface area contributed by atoms with E-state index in [1.165, 1.54) is 0 Å². The van der Waals surface area contributed by atoms with E-state index in [9.17, 15) is 8.42 Å². The van der Waals surface area contributed by atoms with Gasteiger partial charge < -0.3 is 10.4 Å². The molecule has 0 aliphatic rings. The van der Waals surface area contributed by atoms with E-state index in [0.717, 1.165) is 0 Å². The van der Waals surface area contributed by atoms with Gasteiger partial charge in [0, 0.05) is 12.6 Å². The lowest BCUT2D eigenvalue weighted by Crippen LogP contribution is -2.38. The molecule has 2 unspecified atom stereocenters. The number of hydrogen-bond acceptors (Lipinski definition) is 4. The smallest absolute Gasteiger partial charge is 0.266 e. The van der Waals surface area contributed by atoms with Crippen molar-refractivity contribution in [3.63, 3.8) is 0 Å². The highest BCUT2D eigenvalue weighted by Gasteiger charge is 2.09. The van der Waals surface area contributed by atoms with Crippen LogP contribution in [-0.2, 0) is 10.1 Å². The maximum Gasteiger partial charge on any atom is 0.266 e. The molecular weight excluding hydrogens is 182 g/mol. The Morgan fingerprint density at radius 2 is 1.92 bits per heavy atom. The van der Waals surface area contributed by atoms with Crippen molar-refractivity contribution in [3.8, 4) is 0 Å². The number of hydrogen-bond donors (Lipinski definition) is 3. The molecule has 0 aromatic rings. The predicted octanol–water partition coefficient (Wildman–Crippen LogP) is -0.767. The Labute approximate surface area is 72.5 Å². The summed E-state index contributed by atoms with van der Waals surface area (Å²) in [7, 11) is -3.89. The molecule has 3 N–H and O–H groups in total. The number of nitrogens with one attached hydrogen (secondary N) is 1. The number of aliphatic hydroxyl groups is 1. The standard InChI is InChI=1S/C6H15NO4S/c1-5(6(2)8)7-3-4-12(9,10)11/h5-8H,3-4H2,1-2H3,(H,9,10,11). The van der Waals surface area contributed by atoms with Crippen molar-refractivity contribution < 1.29 is 18.1 Å². The Hall–Kier alpha value is -0.170. The lowest BCUT2D eigenvalue weighted by atomic mass is 10.2. The van der Waals surface area contributed by atoms with E-state index in [1.54, 1.807) is 13.8 Å². The fourth-order valence-electron chi connectivity index (χ4n) is 0.586. The quantitative estimate of drug-likeness (QED) is 0.504. The van der Waals surface area contributed by atoms with Gasteiger partial charge in [-0.05, 0) is 13.8 Å².